The number of benzene rings is 1. The molecule has 13 heteroatoms. The molecule has 9 nitrogen and oxygen atoms in total. The maximum absolute atomic E-state index is 15.6. The lowest BCUT2D eigenvalue weighted by atomic mass is 9.91. The van der Waals surface area contributed by atoms with Crippen LogP contribution in [0.2, 0.25) is 0 Å². The van der Waals surface area contributed by atoms with Crippen molar-refractivity contribution in [1.29, 1.82) is 0 Å². The molecule has 37 heavy (non-hydrogen) atoms. The van der Waals surface area contributed by atoms with E-state index in [9.17, 15) is 23.1 Å². The quantitative estimate of drug-likeness (QED) is 0.383. The second-order valence-corrected chi connectivity index (χ2v) is 9.40. The molecule has 1 aromatic carbocycles. The standard InChI is InChI=1S/C24H30F4N6O3/c25-18-8-17(37-24(27)28)5-4-15(18)10-34(16-2-1-3-16)23-21(26)22(31-13-32-23)30-9-14-6-7-33(11-19(14)35)12-20(29)36/h4-5,8,13-14,16,19,24,35H,1-3,6-7,9-12H2,(H2,29,36)(H,30,31,32). The van der Waals surface area contributed by atoms with E-state index in [1.165, 1.54) is 18.5 Å². The van der Waals surface area contributed by atoms with Crippen molar-refractivity contribution < 1.29 is 32.2 Å². The summed E-state index contributed by atoms with van der Waals surface area (Å²) in [6.07, 6.45) is 3.56. The van der Waals surface area contributed by atoms with Gasteiger partial charge < -0.3 is 25.8 Å². The van der Waals surface area contributed by atoms with Crippen LogP contribution in [0.4, 0.5) is 29.2 Å². The van der Waals surface area contributed by atoms with E-state index < -0.39 is 30.3 Å². The highest BCUT2D eigenvalue weighted by Gasteiger charge is 2.31. The molecule has 1 aromatic heterocycles. The topological polar surface area (TPSA) is 117 Å². The summed E-state index contributed by atoms with van der Waals surface area (Å²) in [6.45, 7) is -1.90. The SMILES string of the molecule is NC(=O)CN1CCC(CNc2ncnc(N(Cc3ccc(OC(F)F)cc3F)C3CCC3)c2F)C(O)C1. The number of piperidine rings is 1. The molecule has 1 saturated carbocycles. The number of carbonyl (C=O) groups is 1. The number of nitrogens with one attached hydrogen (secondary N) is 1. The lowest BCUT2D eigenvalue weighted by molar-refractivity contribution is -0.120. The van der Waals surface area contributed by atoms with E-state index >= 15 is 4.39 Å². The van der Waals surface area contributed by atoms with Crippen LogP contribution in [-0.4, -0.2) is 70.8 Å². The van der Waals surface area contributed by atoms with E-state index in [0.717, 1.165) is 25.3 Å². The number of aliphatic hydroxyl groups excluding tert-OH is 1. The van der Waals surface area contributed by atoms with Crippen molar-refractivity contribution in [2.24, 2.45) is 11.7 Å². The molecule has 0 spiro atoms. The molecule has 2 heterocycles. The van der Waals surface area contributed by atoms with Crippen LogP contribution in [0.25, 0.3) is 0 Å². The maximum Gasteiger partial charge on any atom is 0.387 e. The van der Waals surface area contributed by atoms with Crippen LogP contribution >= 0.6 is 0 Å². The zero-order chi connectivity index (χ0) is 26.5. The number of hydrogen-bond donors (Lipinski definition) is 3. The van der Waals surface area contributed by atoms with E-state index in [1.54, 1.807) is 9.80 Å². The minimum absolute atomic E-state index is 0.00586. The Bertz CT molecular complexity index is 1090. The van der Waals surface area contributed by atoms with Gasteiger partial charge >= 0.3 is 6.61 Å². The molecule has 4 N–H and O–H groups in total. The van der Waals surface area contributed by atoms with Gasteiger partial charge in [-0.2, -0.15) is 13.2 Å². The average molecular weight is 527 g/mol. The fourth-order valence-electron chi connectivity index (χ4n) is 4.65. The monoisotopic (exact) mass is 526 g/mol. The smallest absolute Gasteiger partial charge is 0.387 e. The first-order valence-electron chi connectivity index (χ1n) is 12.1. The molecule has 0 radical (unpaired) electrons. The first-order chi connectivity index (χ1) is 17.7. The Balaban J connectivity index is 1.46. The van der Waals surface area contributed by atoms with Gasteiger partial charge in [0.1, 0.15) is 17.9 Å². The molecule has 1 aliphatic heterocycles. The van der Waals surface area contributed by atoms with E-state index in [-0.39, 0.29) is 61.1 Å². The van der Waals surface area contributed by atoms with Crippen molar-refractivity contribution in [3.05, 3.63) is 41.7 Å². The number of aliphatic hydroxyl groups is 1. The number of alkyl halides is 2. The third-order valence-corrected chi connectivity index (χ3v) is 6.87. The first kappa shape index (κ1) is 26.9. The van der Waals surface area contributed by atoms with E-state index in [2.05, 4.69) is 20.0 Å². The Morgan fingerprint density at radius 3 is 2.68 bits per heavy atom. The molecule has 2 aliphatic rings. The largest absolute Gasteiger partial charge is 0.435 e. The number of hydrogen-bond acceptors (Lipinski definition) is 8. The van der Waals surface area contributed by atoms with Gasteiger partial charge in [-0.3, -0.25) is 9.69 Å². The molecule has 0 bridgehead atoms. The number of amides is 1. The molecule has 1 aliphatic carbocycles. The summed E-state index contributed by atoms with van der Waals surface area (Å²) in [4.78, 5) is 22.7. The van der Waals surface area contributed by atoms with Crippen LogP contribution in [0.15, 0.2) is 24.5 Å². The van der Waals surface area contributed by atoms with Crippen molar-refractivity contribution >= 4 is 17.5 Å². The highest BCUT2D eigenvalue weighted by molar-refractivity contribution is 5.75. The molecule has 1 amide bonds. The fourth-order valence-corrected chi connectivity index (χ4v) is 4.65. The Morgan fingerprint density at radius 1 is 1.27 bits per heavy atom. The second-order valence-electron chi connectivity index (χ2n) is 9.40. The third kappa shape index (κ3) is 6.77. The van der Waals surface area contributed by atoms with Crippen molar-refractivity contribution in [1.82, 2.24) is 14.9 Å². The van der Waals surface area contributed by atoms with Crippen molar-refractivity contribution in [3.63, 3.8) is 0 Å². The lowest BCUT2D eigenvalue weighted by Gasteiger charge is -2.39. The summed E-state index contributed by atoms with van der Waals surface area (Å²) in [5.74, 6) is -2.43. The number of anilines is 2. The van der Waals surface area contributed by atoms with Crippen LogP contribution in [-0.2, 0) is 11.3 Å². The van der Waals surface area contributed by atoms with Gasteiger partial charge in [-0.15, -0.1) is 0 Å². The first-order valence-corrected chi connectivity index (χ1v) is 12.1. The molecule has 2 fully saturated rings. The summed E-state index contributed by atoms with van der Waals surface area (Å²) < 4.78 is 59.4. The van der Waals surface area contributed by atoms with Gasteiger partial charge in [-0.05, 0) is 38.3 Å². The van der Waals surface area contributed by atoms with Crippen molar-refractivity contribution in [3.8, 4) is 5.75 Å². The molecule has 2 aromatic rings. The van der Waals surface area contributed by atoms with Gasteiger partial charge in [-0.25, -0.2) is 14.4 Å². The van der Waals surface area contributed by atoms with Crippen molar-refractivity contribution in [2.45, 2.75) is 51.0 Å². The molecule has 202 valence electrons. The van der Waals surface area contributed by atoms with Gasteiger partial charge in [0.15, 0.2) is 11.6 Å². The number of halogens is 4. The summed E-state index contributed by atoms with van der Waals surface area (Å²) in [7, 11) is 0. The van der Waals surface area contributed by atoms with Gasteiger partial charge in [0.25, 0.3) is 0 Å². The Morgan fingerprint density at radius 2 is 2.05 bits per heavy atom. The number of rotatable bonds is 11. The van der Waals surface area contributed by atoms with E-state index in [1.807, 2.05) is 0 Å². The number of primary amides is 1. The Kier molecular flexibility index (Phi) is 8.64. The minimum Gasteiger partial charge on any atom is -0.435 e. The zero-order valence-electron chi connectivity index (χ0n) is 20.1. The molecule has 1 saturated heterocycles. The van der Waals surface area contributed by atoms with E-state index in [0.29, 0.717) is 13.0 Å². The van der Waals surface area contributed by atoms with E-state index in [4.69, 9.17) is 5.73 Å². The highest BCUT2D eigenvalue weighted by atomic mass is 19.3. The zero-order valence-corrected chi connectivity index (χ0v) is 20.1. The maximum atomic E-state index is 15.6. The van der Waals surface area contributed by atoms with Gasteiger partial charge in [0.2, 0.25) is 11.7 Å². The normalized spacial score (nSPS) is 20.5. The number of ether oxygens (including phenoxy) is 1. The van der Waals surface area contributed by atoms with Crippen LogP contribution < -0.4 is 20.7 Å². The fraction of sp³-hybridized carbons (Fsp3) is 0.542. The third-order valence-electron chi connectivity index (χ3n) is 6.87. The number of likely N-dealkylation sites (tertiary alicyclic amines) is 1. The highest BCUT2D eigenvalue weighted by Crippen LogP contribution is 2.34. The summed E-state index contributed by atoms with van der Waals surface area (Å²) in [6, 6.07) is 3.39. The Hall–Kier alpha value is -3.19. The number of nitrogens with two attached hydrogens (primary N) is 1. The molecular weight excluding hydrogens is 496 g/mol. The summed E-state index contributed by atoms with van der Waals surface area (Å²) >= 11 is 0. The number of carbonyl (C=O) groups excluding carboxylic acids is 1. The van der Waals surface area contributed by atoms with Gasteiger partial charge in [-0.1, -0.05) is 6.07 Å². The summed E-state index contributed by atoms with van der Waals surface area (Å²) in [5.41, 5.74) is 5.41. The lowest BCUT2D eigenvalue weighted by Crippen LogP contribution is -2.48. The van der Waals surface area contributed by atoms with Crippen LogP contribution in [0.5, 0.6) is 5.75 Å². The number of nitrogens with zero attached hydrogens (tertiary/aromatic N) is 4. The number of β-amino-alcohol motifs (C(OH)–C–C–N with tert-alkyl or cyclic N) is 1. The predicted molar refractivity (Wildman–Crippen MR) is 127 cm³/mol. The minimum atomic E-state index is -3.07. The van der Waals surface area contributed by atoms with Crippen LogP contribution in [0.3, 0.4) is 0 Å². The predicted octanol–water partition coefficient (Wildman–Crippen LogP) is 2.50. The van der Waals surface area contributed by atoms with Crippen molar-refractivity contribution in [2.75, 3.05) is 36.4 Å². The molecule has 4 rings (SSSR count). The molecular formula is C24H30F4N6O3. The van der Waals surface area contributed by atoms with Crippen LogP contribution in [0, 0.1) is 17.6 Å². The van der Waals surface area contributed by atoms with Crippen LogP contribution in [0.1, 0.15) is 31.2 Å². The second kappa shape index (κ2) is 11.9. The van der Waals surface area contributed by atoms with Gasteiger partial charge in [0.05, 0.1) is 12.6 Å². The van der Waals surface area contributed by atoms with Gasteiger partial charge in [0, 0.05) is 43.2 Å². The Labute approximate surface area is 211 Å². The number of aromatic nitrogens is 2. The summed E-state index contributed by atoms with van der Waals surface area (Å²) in [5, 5.41) is 13.4. The average Bonchev–Trinajstić information content (AvgIpc) is 2.78. The molecule has 2 unspecified atom stereocenters. The molecule has 2 atom stereocenters.